The third-order valence-corrected chi connectivity index (χ3v) is 7.67. The average Bonchev–Trinajstić information content (AvgIpc) is 2.88. The van der Waals surface area contributed by atoms with Gasteiger partial charge in [-0.3, -0.25) is 14.4 Å². The summed E-state index contributed by atoms with van der Waals surface area (Å²) in [5.74, 6) is -3.91. The third kappa shape index (κ3) is 7.92. The van der Waals surface area contributed by atoms with E-state index in [9.17, 15) is 31.9 Å². The minimum absolute atomic E-state index is 0.0286. The summed E-state index contributed by atoms with van der Waals surface area (Å²) in [7, 11) is 0. The maximum atomic E-state index is 14.7. The average molecular weight is 583 g/mol. The zero-order valence-corrected chi connectivity index (χ0v) is 23.4. The zero-order chi connectivity index (χ0) is 30.7. The van der Waals surface area contributed by atoms with Crippen molar-refractivity contribution in [2.45, 2.75) is 72.0 Å². The number of nitrogens with one attached hydrogen (secondary N) is 1. The minimum atomic E-state index is -5.08. The first-order valence-electron chi connectivity index (χ1n) is 13.2. The van der Waals surface area contributed by atoms with Crippen molar-refractivity contribution in [3.8, 4) is 0 Å². The molecule has 2 heterocycles. The van der Waals surface area contributed by atoms with Crippen molar-refractivity contribution in [2.24, 2.45) is 5.41 Å². The standard InChI is InChI=1S/C26H33FN4O3.C2HF3O2/c1-16-17(2)24(33)29-28-22(16)13-18-7-8-21(27)20(12-18)25(34)30-10-11-31(23(32)15-30)19-6-5-9-26(3,4)14-19;3-2(4,5)1(6)7/h7-8,12,19H,5-6,9-11,13-15H2,1-4H3,(H,29,33);(H,6,7). The van der Waals surface area contributed by atoms with E-state index in [0.717, 1.165) is 24.8 Å². The molecule has 1 unspecified atom stereocenters. The van der Waals surface area contributed by atoms with Crippen molar-refractivity contribution in [3.63, 3.8) is 0 Å². The Balaban J connectivity index is 0.000000587. The Bertz CT molecular complexity index is 1370. The number of hydrogen-bond donors (Lipinski definition) is 2. The van der Waals surface area contributed by atoms with Gasteiger partial charge in [0.1, 0.15) is 12.4 Å². The fourth-order valence-corrected chi connectivity index (χ4v) is 5.22. The molecule has 13 heteroatoms. The number of nitrogens with zero attached hydrogens (tertiary/aromatic N) is 3. The number of carbonyl (C=O) groups is 3. The molecule has 1 saturated carbocycles. The van der Waals surface area contributed by atoms with E-state index in [2.05, 4.69) is 24.0 Å². The van der Waals surface area contributed by atoms with E-state index >= 15 is 0 Å². The van der Waals surface area contributed by atoms with Crippen LogP contribution in [0.2, 0.25) is 0 Å². The summed E-state index contributed by atoms with van der Waals surface area (Å²) in [6, 6.07) is 4.63. The van der Waals surface area contributed by atoms with Gasteiger partial charge in [-0.05, 0) is 61.8 Å². The molecule has 1 aromatic heterocycles. The van der Waals surface area contributed by atoms with Crippen LogP contribution in [-0.2, 0) is 16.0 Å². The lowest BCUT2D eigenvalue weighted by Crippen LogP contribution is -2.56. The highest BCUT2D eigenvalue weighted by atomic mass is 19.4. The van der Waals surface area contributed by atoms with Crippen LogP contribution >= 0.6 is 0 Å². The van der Waals surface area contributed by atoms with Gasteiger partial charge in [0.05, 0.1) is 11.3 Å². The van der Waals surface area contributed by atoms with Gasteiger partial charge in [0.25, 0.3) is 11.5 Å². The molecule has 1 saturated heterocycles. The summed E-state index contributed by atoms with van der Waals surface area (Å²) in [4.78, 5) is 50.1. The van der Waals surface area contributed by atoms with Gasteiger partial charge in [-0.25, -0.2) is 14.3 Å². The summed E-state index contributed by atoms with van der Waals surface area (Å²) in [6.45, 7) is 8.87. The fourth-order valence-electron chi connectivity index (χ4n) is 5.22. The number of hydrogen-bond acceptors (Lipinski definition) is 5. The number of rotatable bonds is 4. The summed E-state index contributed by atoms with van der Waals surface area (Å²) in [6.07, 6.45) is -0.489. The maximum Gasteiger partial charge on any atom is 0.490 e. The van der Waals surface area contributed by atoms with Crippen LogP contribution in [0.1, 0.15) is 72.3 Å². The smallest absolute Gasteiger partial charge is 0.475 e. The van der Waals surface area contributed by atoms with Crippen molar-refractivity contribution < 1.29 is 37.1 Å². The van der Waals surface area contributed by atoms with E-state index in [1.54, 1.807) is 13.0 Å². The SMILES string of the molecule is Cc1c(Cc2ccc(F)c(C(=O)N3CCN(C4CCCC(C)(C)C4)C(=O)C3)c2)n[nH]c(=O)c1C.O=C(O)C(F)(F)F. The lowest BCUT2D eigenvalue weighted by atomic mass is 9.74. The molecule has 1 atom stereocenters. The summed E-state index contributed by atoms with van der Waals surface area (Å²) in [5.41, 5.74) is 2.67. The van der Waals surface area contributed by atoms with E-state index in [-0.39, 0.29) is 35.0 Å². The number of alkyl halides is 3. The first kappa shape index (κ1) is 31.8. The molecule has 2 aliphatic rings. The van der Waals surface area contributed by atoms with Crippen LogP contribution in [0, 0.1) is 25.1 Å². The molecule has 2 N–H and O–H groups in total. The molecule has 2 aromatic rings. The highest BCUT2D eigenvalue weighted by Crippen LogP contribution is 2.37. The van der Waals surface area contributed by atoms with E-state index in [0.29, 0.717) is 36.3 Å². The molecule has 1 aliphatic carbocycles. The third-order valence-electron chi connectivity index (χ3n) is 7.67. The normalized spacial score (nSPS) is 18.9. The number of aromatic nitrogens is 2. The molecule has 2 amide bonds. The molecule has 224 valence electrons. The molecular weight excluding hydrogens is 548 g/mol. The Kier molecular flexibility index (Phi) is 9.60. The lowest BCUT2D eigenvalue weighted by molar-refractivity contribution is -0.192. The van der Waals surface area contributed by atoms with Crippen molar-refractivity contribution in [1.29, 1.82) is 0 Å². The topological polar surface area (TPSA) is 124 Å². The highest BCUT2D eigenvalue weighted by molar-refractivity contribution is 5.97. The molecular formula is C28H34F4N4O5. The van der Waals surface area contributed by atoms with Crippen LogP contribution in [0.25, 0.3) is 0 Å². The van der Waals surface area contributed by atoms with Gasteiger partial charge in [-0.15, -0.1) is 0 Å². The Labute approximate surface area is 234 Å². The molecule has 9 nitrogen and oxygen atoms in total. The quantitative estimate of drug-likeness (QED) is 0.526. The number of halogens is 4. The van der Waals surface area contributed by atoms with Crippen LogP contribution in [-0.4, -0.2) is 74.7 Å². The van der Waals surface area contributed by atoms with Crippen molar-refractivity contribution in [2.75, 3.05) is 19.6 Å². The number of aliphatic carboxylic acids is 1. The van der Waals surface area contributed by atoms with Gasteiger partial charge in [-0.1, -0.05) is 26.3 Å². The maximum absolute atomic E-state index is 14.7. The second-order valence-electron chi connectivity index (χ2n) is 11.3. The van der Waals surface area contributed by atoms with Gasteiger partial charge in [0.15, 0.2) is 0 Å². The first-order valence-corrected chi connectivity index (χ1v) is 13.2. The van der Waals surface area contributed by atoms with E-state index in [1.807, 2.05) is 11.8 Å². The van der Waals surface area contributed by atoms with Crippen LogP contribution in [0.5, 0.6) is 0 Å². The predicted molar refractivity (Wildman–Crippen MR) is 141 cm³/mol. The number of amides is 2. The van der Waals surface area contributed by atoms with Gasteiger partial charge < -0.3 is 14.9 Å². The van der Waals surface area contributed by atoms with Crippen molar-refractivity contribution >= 4 is 17.8 Å². The Hall–Kier alpha value is -3.77. The first-order chi connectivity index (χ1) is 19.0. The van der Waals surface area contributed by atoms with Crippen LogP contribution < -0.4 is 5.56 Å². The number of carboxylic acids is 1. The largest absolute Gasteiger partial charge is 0.490 e. The second-order valence-corrected chi connectivity index (χ2v) is 11.3. The number of benzene rings is 1. The van der Waals surface area contributed by atoms with E-state index in [4.69, 9.17) is 9.90 Å². The minimum Gasteiger partial charge on any atom is -0.475 e. The number of H-pyrrole nitrogens is 1. The van der Waals surface area contributed by atoms with Crippen LogP contribution in [0.15, 0.2) is 23.0 Å². The second kappa shape index (κ2) is 12.4. The van der Waals surface area contributed by atoms with Gasteiger partial charge in [-0.2, -0.15) is 18.3 Å². The molecule has 2 fully saturated rings. The molecule has 1 aliphatic heterocycles. The van der Waals surface area contributed by atoms with Crippen LogP contribution in [0.4, 0.5) is 17.6 Å². The lowest BCUT2D eigenvalue weighted by Gasteiger charge is -2.44. The zero-order valence-electron chi connectivity index (χ0n) is 23.4. The Morgan fingerprint density at radius 1 is 1.15 bits per heavy atom. The van der Waals surface area contributed by atoms with Crippen LogP contribution in [0.3, 0.4) is 0 Å². The summed E-state index contributed by atoms with van der Waals surface area (Å²) in [5, 5.41) is 13.7. The van der Waals surface area contributed by atoms with Crippen molar-refractivity contribution in [1.82, 2.24) is 20.0 Å². The van der Waals surface area contributed by atoms with Gasteiger partial charge >= 0.3 is 12.1 Å². The number of carboxylic acid groups (broad SMARTS) is 1. The molecule has 0 bridgehead atoms. The highest BCUT2D eigenvalue weighted by Gasteiger charge is 2.38. The molecule has 4 rings (SSSR count). The van der Waals surface area contributed by atoms with Gasteiger partial charge in [0.2, 0.25) is 5.91 Å². The summed E-state index contributed by atoms with van der Waals surface area (Å²) < 4.78 is 46.4. The Morgan fingerprint density at radius 3 is 2.39 bits per heavy atom. The monoisotopic (exact) mass is 582 g/mol. The molecule has 0 radical (unpaired) electrons. The van der Waals surface area contributed by atoms with E-state index < -0.39 is 23.9 Å². The van der Waals surface area contributed by atoms with Gasteiger partial charge in [0, 0.05) is 31.1 Å². The molecule has 41 heavy (non-hydrogen) atoms. The number of carbonyl (C=O) groups excluding carboxylic acids is 2. The van der Waals surface area contributed by atoms with E-state index in [1.165, 1.54) is 23.5 Å². The van der Waals surface area contributed by atoms with Crippen molar-refractivity contribution in [3.05, 3.63) is 62.3 Å². The fraction of sp³-hybridized carbons (Fsp3) is 0.536. The number of piperazine rings is 1. The predicted octanol–water partition coefficient (Wildman–Crippen LogP) is 4.00. The summed E-state index contributed by atoms with van der Waals surface area (Å²) >= 11 is 0. The molecule has 0 spiro atoms. The Morgan fingerprint density at radius 2 is 1.80 bits per heavy atom. The molecule has 1 aromatic carbocycles. The number of aromatic amines is 1.